The van der Waals surface area contributed by atoms with Gasteiger partial charge in [0.1, 0.15) is 0 Å². The van der Waals surface area contributed by atoms with Crippen molar-refractivity contribution in [1.82, 2.24) is 10.2 Å². The van der Waals surface area contributed by atoms with Crippen LogP contribution >= 0.6 is 0 Å². The van der Waals surface area contributed by atoms with Gasteiger partial charge in [-0.25, -0.2) is 0 Å². The van der Waals surface area contributed by atoms with Crippen molar-refractivity contribution in [3.63, 3.8) is 0 Å². The third-order valence-corrected chi connectivity index (χ3v) is 5.13. The zero-order valence-corrected chi connectivity index (χ0v) is 14.1. The van der Waals surface area contributed by atoms with Crippen molar-refractivity contribution >= 4 is 0 Å². The summed E-state index contributed by atoms with van der Waals surface area (Å²) in [6, 6.07) is 0.839. The van der Waals surface area contributed by atoms with Gasteiger partial charge in [-0.3, -0.25) is 0 Å². The summed E-state index contributed by atoms with van der Waals surface area (Å²) in [4.78, 5) is 2.40. The van der Waals surface area contributed by atoms with Crippen LogP contribution in [0.5, 0.6) is 0 Å². The summed E-state index contributed by atoms with van der Waals surface area (Å²) < 4.78 is 5.80. The molecule has 4 nitrogen and oxygen atoms in total. The number of nitrogens with one attached hydrogen (secondary N) is 1. The Bertz CT molecular complexity index is 303. The van der Waals surface area contributed by atoms with Crippen LogP contribution in [0.4, 0.5) is 0 Å². The number of ether oxygens (including phenoxy) is 1. The molecule has 21 heavy (non-hydrogen) atoms. The van der Waals surface area contributed by atoms with E-state index in [-0.39, 0.29) is 11.5 Å². The van der Waals surface area contributed by atoms with Crippen molar-refractivity contribution in [2.45, 2.75) is 70.6 Å². The molecule has 0 aromatic carbocycles. The van der Waals surface area contributed by atoms with Crippen LogP contribution in [-0.2, 0) is 4.74 Å². The molecule has 1 saturated carbocycles. The highest BCUT2D eigenvalue weighted by atomic mass is 16.5. The molecule has 1 aliphatic heterocycles. The zero-order chi connectivity index (χ0) is 15.3. The topological polar surface area (TPSA) is 44.7 Å². The van der Waals surface area contributed by atoms with Gasteiger partial charge in [0.15, 0.2) is 0 Å². The second-order valence-corrected chi connectivity index (χ2v) is 7.53. The maximum Gasteiger partial charge on any atom is 0.0695 e. The standard InChI is InChI=1S/C17H34N2O2/c1-14(2)18-11-17(9-6-10-21-13-17)12-19(3)15-7-4-5-8-16(15)20/h14-16,18,20H,4-13H2,1-3H3. The van der Waals surface area contributed by atoms with E-state index in [0.717, 1.165) is 45.6 Å². The molecule has 2 aliphatic rings. The van der Waals surface area contributed by atoms with E-state index in [2.05, 4.69) is 31.1 Å². The van der Waals surface area contributed by atoms with E-state index >= 15 is 0 Å². The van der Waals surface area contributed by atoms with Crippen LogP contribution in [-0.4, -0.2) is 61.5 Å². The molecule has 4 heteroatoms. The summed E-state index contributed by atoms with van der Waals surface area (Å²) in [5.74, 6) is 0. The zero-order valence-electron chi connectivity index (χ0n) is 14.1. The number of hydrogen-bond acceptors (Lipinski definition) is 4. The second kappa shape index (κ2) is 7.91. The van der Waals surface area contributed by atoms with Crippen LogP contribution in [0, 0.1) is 5.41 Å². The second-order valence-electron chi connectivity index (χ2n) is 7.53. The molecule has 3 atom stereocenters. The Hall–Kier alpha value is -0.160. The molecule has 2 fully saturated rings. The van der Waals surface area contributed by atoms with Crippen molar-refractivity contribution in [3.05, 3.63) is 0 Å². The van der Waals surface area contributed by atoms with Crippen molar-refractivity contribution in [2.75, 3.05) is 33.4 Å². The summed E-state index contributed by atoms with van der Waals surface area (Å²) in [6.45, 7) is 8.18. The van der Waals surface area contributed by atoms with Crippen molar-refractivity contribution < 1.29 is 9.84 Å². The van der Waals surface area contributed by atoms with Gasteiger partial charge in [-0.1, -0.05) is 26.7 Å². The van der Waals surface area contributed by atoms with Gasteiger partial charge in [-0.15, -0.1) is 0 Å². The number of rotatable bonds is 6. The average Bonchev–Trinajstić information content (AvgIpc) is 2.46. The molecule has 124 valence electrons. The Balaban J connectivity index is 1.96. The van der Waals surface area contributed by atoms with Crippen molar-refractivity contribution in [1.29, 1.82) is 0 Å². The Morgan fingerprint density at radius 2 is 2.05 bits per heavy atom. The van der Waals surface area contributed by atoms with Gasteiger partial charge in [0.2, 0.25) is 0 Å². The van der Waals surface area contributed by atoms with E-state index < -0.39 is 0 Å². The predicted octanol–water partition coefficient (Wildman–Crippen LogP) is 2.02. The average molecular weight is 298 g/mol. The van der Waals surface area contributed by atoms with Crippen LogP contribution in [0.25, 0.3) is 0 Å². The monoisotopic (exact) mass is 298 g/mol. The number of aliphatic hydroxyl groups excluding tert-OH is 1. The minimum absolute atomic E-state index is 0.150. The first-order valence-electron chi connectivity index (χ1n) is 8.72. The largest absolute Gasteiger partial charge is 0.391 e. The minimum atomic E-state index is -0.150. The molecule has 0 aromatic rings. The Morgan fingerprint density at radius 1 is 1.29 bits per heavy atom. The predicted molar refractivity (Wildman–Crippen MR) is 86.5 cm³/mol. The molecule has 0 spiro atoms. The Labute approximate surface area is 130 Å². The highest BCUT2D eigenvalue weighted by molar-refractivity contribution is 4.91. The molecule has 0 aromatic heterocycles. The molecule has 2 rings (SSSR count). The van der Waals surface area contributed by atoms with E-state index in [0.29, 0.717) is 12.1 Å². The van der Waals surface area contributed by atoms with Crippen LogP contribution in [0.3, 0.4) is 0 Å². The quantitative estimate of drug-likeness (QED) is 0.787. The molecular formula is C17H34N2O2. The van der Waals surface area contributed by atoms with Gasteiger partial charge in [-0.2, -0.15) is 0 Å². The summed E-state index contributed by atoms with van der Waals surface area (Å²) in [7, 11) is 2.19. The summed E-state index contributed by atoms with van der Waals surface area (Å²) in [5, 5.41) is 13.9. The molecule has 2 N–H and O–H groups in total. The molecule has 1 heterocycles. The van der Waals surface area contributed by atoms with Gasteiger partial charge in [0.05, 0.1) is 12.7 Å². The maximum atomic E-state index is 10.3. The summed E-state index contributed by atoms with van der Waals surface area (Å²) in [5.41, 5.74) is 0.203. The van der Waals surface area contributed by atoms with Gasteiger partial charge < -0.3 is 20.1 Å². The van der Waals surface area contributed by atoms with Crippen molar-refractivity contribution in [3.8, 4) is 0 Å². The van der Waals surface area contributed by atoms with Crippen LogP contribution in [0.15, 0.2) is 0 Å². The Morgan fingerprint density at radius 3 is 2.67 bits per heavy atom. The van der Waals surface area contributed by atoms with Gasteiger partial charge in [-0.05, 0) is 32.7 Å². The molecule has 0 bridgehead atoms. The fourth-order valence-corrected chi connectivity index (χ4v) is 3.90. The smallest absolute Gasteiger partial charge is 0.0695 e. The molecule has 0 radical (unpaired) electrons. The van der Waals surface area contributed by atoms with Gasteiger partial charge in [0, 0.05) is 37.2 Å². The lowest BCUT2D eigenvalue weighted by atomic mass is 9.80. The number of likely N-dealkylation sites (N-methyl/N-ethyl adjacent to an activating group) is 1. The highest BCUT2D eigenvalue weighted by Crippen LogP contribution is 2.31. The third-order valence-electron chi connectivity index (χ3n) is 5.13. The van der Waals surface area contributed by atoms with E-state index in [4.69, 9.17) is 4.74 Å². The van der Waals surface area contributed by atoms with E-state index in [9.17, 15) is 5.11 Å². The fraction of sp³-hybridized carbons (Fsp3) is 1.00. The molecule has 1 saturated heterocycles. The van der Waals surface area contributed by atoms with Gasteiger partial charge >= 0.3 is 0 Å². The lowest BCUT2D eigenvalue weighted by molar-refractivity contribution is -0.0465. The minimum Gasteiger partial charge on any atom is -0.391 e. The molecule has 1 aliphatic carbocycles. The van der Waals surface area contributed by atoms with E-state index in [1.165, 1.54) is 19.3 Å². The molecule has 0 amide bonds. The third kappa shape index (κ3) is 4.92. The van der Waals surface area contributed by atoms with Crippen LogP contribution < -0.4 is 5.32 Å². The first-order valence-corrected chi connectivity index (χ1v) is 8.72. The maximum absolute atomic E-state index is 10.3. The lowest BCUT2D eigenvalue weighted by Gasteiger charge is -2.44. The van der Waals surface area contributed by atoms with Gasteiger partial charge in [0.25, 0.3) is 0 Å². The van der Waals surface area contributed by atoms with Crippen LogP contribution in [0.2, 0.25) is 0 Å². The number of hydrogen-bond donors (Lipinski definition) is 2. The number of nitrogens with zero attached hydrogens (tertiary/aromatic N) is 1. The van der Waals surface area contributed by atoms with Crippen LogP contribution in [0.1, 0.15) is 52.4 Å². The SMILES string of the molecule is CC(C)NCC1(CN(C)C2CCCCC2O)CCCOC1. The first-order chi connectivity index (χ1) is 10.0. The van der Waals surface area contributed by atoms with E-state index in [1.54, 1.807) is 0 Å². The fourth-order valence-electron chi connectivity index (χ4n) is 3.90. The normalized spacial score (nSPS) is 34.6. The Kier molecular flexibility index (Phi) is 6.48. The summed E-state index contributed by atoms with van der Waals surface area (Å²) >= 11 is 0. The van der Waals surface area contributed by atoms with Crippen molar-refractivity contribution in [2.24, 2.45) is 5.41 Å². The summed E-state index contributed by atoms with van der Waals surface area (Å²) in [6.07, 6.45) is 6.74. The van der Waals surface area contributed by atoms with E-state index in [1.807, 2.05) is 0 Å². The molecule has 3 unspecified atom stereocenters. The first kappa shape index (κ1) is 17.2. The molecular weight excluding hydrogens is 264 g/mol. The number of aliphatic hydroxyl groups is 1. The lowest BCUT2D eigenvalue weighted by Crippen LogP contribution is -2.53. The highest BCUT2D eigenvalue weighted by Gasteiger charge is 2.37.